The number of likely N-dealkylation sites (tertiary alicyclic amines) is 1. The van der Waals surface area contributed by atoms with Gasteiger partial charge in [0.2, 0.25) is 5.91 Å². The van der Waals surface area contributed by atoms with E-state index in [0.29, 0.717) is 13.0 Å². The molecule has 5 heteroatoms. The Morgan fingerprint density at radius 2 is 1.88 bits per heavy atom. The van der Waals surface area contributed by atoms with Crippen LogP contribution < -0.4 is 5.32 Å². The molecule has 0 bridgehead atoms. The lowest BCUT2D eigenvalue weighted by molar-refractivity contribution is -0.121. The van der Waals surface area contributed by atoms with Gasteiger partial charge in [0.05, 0.1) is 0 Å². The Bertz CT molecular complexity index is 587. The highest BCUT2D eigenvalue weighted by atomic mass is 32.1. The number of carbonyl (C=O) groups excluding carboxylic acids is 2. The number of Topliss-reactive ketones (excluding diaryl/α,β-unsaturated/α-hetero) is 1. The molecule has 1 aromatic rings. The van der Waals surface area contributed by atoms with Gasteiger partial charge in [0.15, 0.2) is 5.78 Å². The molecule has 0 spiro atoms. The number of aryl methyl sites for hydroxylation is 2. The average molecular weight is 365 g/mol. The van der Waals surface area contributed by atoms with Crippen LogP contribution in [-0.4, -0.2) is 42.8 Å². The molecular weight excluding hydrogens is 332 g/mol. The Balaban J connectivity index is 1.61. The summed E-state index contributed by atoms with van der Waals surface area (Å²) in [6.45, 7) is 12.7. The van der Waals surface area contributed by atoms with Gasteiger partial charge in [0.25, 0.3) is 0 Å². The van der Waals surface area contributed by atoms with Gasteiger partial charge in [0.1, 0.15) is 0 Å². The van der Waals surface area contributed by atoms with Gasteiger partial charge in [-0.3, -0.25) is 9.59 Å². The van der Waals surface area contributed by atoms with Gasteiger partial charge in [-0.15, -0.1) is 11.3 Å². The van der Waals surface area contributed by atoms with Gasteiger partial charge in [-0.05, 0) is 51.1 Å². The largest absolute Gasteiger partial charge is 0.356 e. The monoisotopic (exact) mass is 364 g/mol. The Kier molecular flexibility index (Phi) is 7.63. The molecule has 1 N–H and O–H groups in total. The van der Waals surface area contributed by atoms with Crippen molar-refractivity contribution in [2.45, 2.75) is 53.4 Å². The summed E-state index contributed by atoms with van der Waals surface area (Å²) in [6.07, 6.45) is 2.88. The number of hydrogen-bond acceptors (Lipinski definition) is 4. The first-order valence-corrected chi connectivity index (χ1v) is 10.3. The van der Waals surface area contributed by atoms with Crippen molar-refractivity contribution in [3.63, 3.8) is 0 Å². The van der Waals surface area contributed by atoms with E-state index in [9.17, 15) is 9.59 Å². The zero-order valence-electron chi connectivity index (χ0n) is 16.1. The third-order valence-electron chi connectivity index (χ3n) is 4.84. The summed E-state index contributed by atoms with van der Waals surface area (Å²) >= 11 is 1.64. The molecule has 140 valence electrons. The summed E-state index contributed by atoms with van der Waals surface area (Å²) in [7, 11) is 0. The fourth-order valence-corrected chi connectivity index (χ4v) is 4.81. The molecule has 0 radical (unpaired) electrons. The topological polar surface area (TPSA) is 49.4 Å². The number of ketones is 1. The number of nitrogens with zero attached hydrogens (tertiary/aromatic N) is 1. The summed E-state index contributed by atoms with van der Waals surface area (Å²) in [5, 5.41) is 2.96. The van der Waals surface area contributed by atoms with Crippen molar-refractivity contribution < 1.29 is 9.59 Å². The Hall–Kier alpha value is -1.20. The van der Waals surface area contributed by atoms with Gasteiger partial charge in [-0.25, -0.2) is 0 Å². The highest BCUT2D eigenvalue weighted by Crippen LogP contribution is 2.22. The standard InChI is InChI=1S/C20H32N2O2S/c1-14-10-15(2)13-22(12-14)9-5-8-21-20(24)7-6-19(23)18-11-16(3)25-17(18)4/h11,14-15H,5-10,12-13H2,1-4H3,(H,21,24). The van der Waals surface area contributed by atoms with E-state index in [1.807, 2.05) is 19.9 Å². The third-order valence-corrected chi connectivity index (χ3v) is 5.80. The summed E-state index contributed by atoms with van der Waals surface area (Å²) in [5.41, 5.74) is 0.781. The van der Waals surface area contributed by atoms with Gasteiger partial charge in [0, 0.05) is 47.8 Å². The number of piperidine rings is 1. The highest BCUT2D eigenvalue weighted by molar-refractivity contribution is 7.12. The minimum absolute atomic E-state index is 0.0154. The summed E-state index contributed by atoms with van der Waals surface area (Å²) in [5.74, 6) is 1.61. The van der Waals surface area contributed by atoms with Gasteiger partial charge < -0.3 is 10.2 Å². The number of hydrogen-bond donors (Lipinski definition) is 1. The van der Waals surface area contributed by atoms with Crippen LogP contribution in [0.3, 0.4) is 0 Å². The number of thiophene rings is 1. The minimum Gasteiger partial charge on any atom is -0.356 e. The number of amides is 1. The van der Waals surface area contributed by atoms with Crippen molar-refractivity contribution >= 4 is 23.0 Å². The van der Waals surface area contributed by atoms with E-state index >= 15 is 0 Å². The second kappa shape index (κ2) is 9.48. The Morgan fingerprint density at radius 3 is 2.48 bits per heavy atom. The van der Waals surface area contributed by atoms with E-state index in [-0.39, 0.29) is 18.1 Å². The maximum absolute atomic E-state index is 12.2. The molecule has 0 aromatic carbocycles. The summed E-state index contributed by atoms with van der Waals surface area (Å²) < 4.78 is 0. The molecule has 1 aliphatic rings. The van der Waals surface area contributed by atoms with Crippen LogP contribution in [0.15, 0.2) is 6.07 Å². The average Bonchev–Trinajstić information content (AvgIpc) is 2.87. The quantitative estimate of drug-likeness (QED) is 0.564. The van der Waals surface area contributed by atoms with Crippen LogP contribution in [-0.2, 0) is 4.79 Å². The van der Waals surface area contributed by atoms with Crippen molar-refractivity contribution in [2.24, 2.45) is 11.8 Å². The van der Waals surface area contributed by atoms with Gasteiger partial charge in [-0.2, -0.15) is 0 Å². The van der Waals surface area contributed by atoms with Crippen LogP contribution in [0.1, 0.15) is 59.6 Å². The molecular formula is C20H32N2O2S. The normalized spacial score (nSPS) is 21.3. The predicted octanol–water partition coefficient (Wildman–Crippen LogP) is 3.81. The fourth-order valence-electron chi connectivity index (χ4n) is 3.86. The van der Waals surface area contributed by atoms with Crippen molar-refractivity contribution in [3.8, 4) is 0 Å². The first-order chi connectivity index (χ1) is 11.8. The van der Waals surface area contributed by atoms with Crippen LogP contribution in [0.5, 0.6) is 0 Å². The van der Waals surface area contributed by atoms with E-state index in [1.165, 1.54) is 19.5 Å². The molecule has 1 fully saturated rings. The first-order valence-electron chi connectivity index (χ1n) is 9.44. The number of nitrogens with one attached hydrogen (secondary N) is 1. The zero-order valence-corrected chi connectivity index (χ0v) is 16.9. The lowest BCUT2D eigenvalue weighted by atomic mass is 9.92. The lowest BCUT2D eigenvalue weighted by Gasteiger charge is -2.34. The first kappa shape index (κ1) is 20.1. The molecule has 1 aromatic heterocycles. The maximum Gasteiger partial charge on any atom is 0.220 e. The molecule has 2 unspecified atom stereocenters. The maximum atomic E-state index is 12.2. The second-order valence-electron chi connectivity index (χ2n) is 7.66. The third kappa shape index (κ3) is 6.55. The van der Waals surface area contributed by atoms with E-state index in [0.717, 1.165) is 40.1 Å². The van der Waals surface area contributed by atoms with Crippen LogP contribution in [0, 0.1) is 25.7 Å². The van der Waals surface area contributed by atoms with Crippen molar-refractivity contribution in [1.29, 1.82) is 0 Å². The van der Waals surface area contributed by atoms with Crippen LogP contribution in [0.25, 0.3) is 0 Å². The molecule has 2 atom stereocenters. The molecule has 25 heavy (non-hydrogen) atoms. The van der Waals surface area contributed by atoms with E-state index in [2.05, 4.69) is 24.1 Å². The molecule has 1 aliphatic heterocycles. The Labute approximate surface area is 156 Å². The van der Waals surface area contributed by atoms with Crippen LogP contribution in [0.4, 0.5) is 0 Å². The van der Waals surface area contributed by atoms with Crippen molar-refractivity contribution in [3.05, 3.63) is 21.4 Å². The number of carbonyl (C=O) groups is 2. The van der Waals surface area contributed by atoms with Crippen LogP contribution in [0.2, 0.25) is 0 Å². The van der Waals surface area contributed by atoms with Crippen molar-refractivity contribution in [2.75, 3.05) is 26.2 Å². The SMILES string of the molecule is Cc1cc(C(=O)CCC(=O)NCCCN2CC(C)CC(C)C2)c(C)s1. The lowest BCUT2D eigenvalue weighted by Crippen LogP contribution is -2.40. The zero-order chi connectivity index (χ0) is 18.4. The summed E-state index contributed by atoms with van der Waals surface area (Å²) in [4.78, 5) is 28.9. The smallest absolute Gasteiger partial charge is 0.220 e. The molecule has 1 saturated heterocycles. The predicted molar refractivity (Wildman–Crippen MR) is 104 cm³/mol. The molecule has 0 aliphatic carbocycles. The van der Waals surface area contributed by atoms with Crippen LogP contribution >= 0.6 is 11.3 Å². The molecule has 2 heterocycles. The molecule has 2 rings (SSSR count). The Morgan fingerprint density at radius 1 is 1.20 bits per heavy atom. The van der Waals surface area contributed by atoms with Crippen molar-refractivity contribution in [1.82, 2.24) is 10.2 Å². The van der Waals surface area contributed by atoms with E-state index < -0.39 is 0 Å². The second-order valence-corrected chi connectivity index (χ2v) is 9.12. The van der Waals surface area contributed by atoms with E-state index in [4.69, 9.17) is 0 Å². The minimum atomic E-state index is -0.0154. The summed E-state index contributed by atoms with van der Waals surface area (Å²) in [6, 6.07) is 1.93. The van der Waals surface area contributed by atoms with Gasteiger partial charge in [-0.1, -0.05) is 13.8 Å². The fraction of sp³-hybridized carbons (Fsp3) is 0.700. The molecule has 4 nitrogen and oxygen atoms in total. The number of rotatable bonds is 8. The highest BCUT2D eigenvalue weighted by Gasteiger charge is 2.21. The van der Waals surface area contributed by atoms with Gasteiger partial charge >= 0.3 is 0 Å². The van der Waals surface area contributed by atoms with E-state index in [1.54, 1.807) is 11.3 Å². The molecule has 0 saturated carbocycles. The molecule has 1 amide bonds.